The maximum atomic E-state index is 12.0. The van der Waals surface area contributed by atoms with Crippen molar-refractivity contribution in [3.8, 4) is 5.75 Å². The minimum absolute atomic E-state index is 0.0744. The molecule has 0 saturated heterocycles. The Bertz CT molecular complexity index is 720. The second-order valence-corrected chi connectivity index (χ2v) is 7.58. The van der Waals surface area contributed by atoms with E-state index in [0.29, 0.717) is 29.4 Å². The first-order valence-corrected chi connectivity index (χ1v) is 10.0. The zero-order valence-corrected chi connectivity index (χ0v) is 17.4. The number of hydrogen-bond acceptors (Lipinski definition) is 8. The van der Waals surface area contributed by atoms with Crippen molar-refractivity contribution in [2.75, 3.05) is 24.7 Å². The molecule has 0 heterocycles. The zero-order chi connectivity index (χ0) is 21.9. The smallest absolute Gasteiger partial charge is 0.330 e. The fourth-order valence-corrected chi connectivity index (χ4v) is 2.85. The number of ether oxygens (including phenoxy) is 3. The lowest BCUT2D eigenvalue weighted by Crippen LogP contribution is -2.30. The van der Waals surface area contributed by atoms with Gasteiger partial charge in [0.25, 0.3) is 0 Å². The first-order chi connectivity index (χ1) is 13.7. The Balaban J connectivity index is 2.41. The lowest BCUT2D eigenvalue weighted by atomic mass is 9.97. The monoisotopic (exact) mass is 422 g/mol. The van der Waals surface area contributed by atoms with Crippen LogP contribution >= 0.6 is 11.8 Å². The number of esters is 2. The van der Waals surface area contributed by atoms with Crippen LogP contribution in [0.1, 0.15) is 24.2 Å². The highest BCUT2D eigenvalue weighted by molar-refractivity contribution is 7.99. The molecule has 0 aliphatic heterocycles. The molecule has 1 rings (SSSR count). The van der Waals surface area contributed by atoms with Crippen LogP contribution in [0.15, 0.2) is 49.6 Å². The molecule has 1 aromatic carbocycles. The molecule has 0 bridgehead atoms. The summed E-state index contributed by atoms with van der Waals surface area (Å²) in [6.45, 7) is 9.84. The van der Waals surface area contributed by atoms with Gasteiger partial charge in [0.2, 0.25) is 0 Å². The van der Waals surface area contributed by atoms with E-state index < -0.39 is 23.6 Å². The number of rotatable bonds is 13. The molecule has 0 amide bonds. The molecule has 8 heteroatoms. The summed E-state index contributed by atoms with van der Waals surface area (Å²) < 4.78 is 15.7. The molecule has 0 fully saturated rings. The molecule has 1 unspecified atom stereocenters. The van der Waals surface area contributed by atoms with Crippen molar-refractivity contribution in [2.45, 2.75) is 25.6 Å². The first kappa shape index (κ1) is 24.5. The van der Waals surface area contributed by atoms with Crippen molar-refractivity contribution in [3.63, 3.8) is 0 Å². The number of ketones is 1. The van der Waals surface area contributed by atoms with Gasteiger partial charge in [0.05, 0.1) is 6.61 Å². The highest BCUT2D eigenvalue weighted by atomic mass is 32.2. The molecular weight excluding hydrogens is 396 g/mol. The Morgan fingerprint density at radius 2 is 1.76 bits per heavy atom. The second kappa shape index (κ2) is 12.1. The third-order valence-electron chi connectivity index (χ3n) is 3.50. The van der Waals surface area contributed by atoms with Gasteiger partial charge in [-0.25, -0.2) is 9.59 Å². The van der Waals surface area contributed by atoms with Crippen LogP contribution in [0, 0.1) is 0 Å². The van der Waals surface area contributed by atoms with Crippen LogP contribution in [-0.4, -0.2) is 59.3 Å². The van der Waals surface area contributed by atoms with E-state index in [9.17, 15) is 19.5 Å². The van der Waals surface area contributed by atoms with Crippen molar-refractivity contribution in [3.05, 3.63) is 55.1 Å². The minimum atomic E-state index is -1.43. The van der Waals surface area contributed by atoms with E-state index in [1.165, 1.54) is 25.6 Å². The van der Waals surface area contributed by atoms with Gasteiger partial charge in [-0.2, -0.15) is 11.8 Å². The third kappa shape index (κ3) is 9.45. The van der Waals surface area contributed by atoms with Gasteiger partial charge in [-0.1, -0.05) is 13.2 Å². The predicted molar refractivity (Wildman–Crippen MR) is 111 cm³/mol. The van der Waals surface area contributed by atoms with E-state index in [4.69, 9.17) is 14.2 Å². The van der Waals surface area contributed by atoms with Gasteiger partial charge < -0.3 is 19.3 Å². The Morgan fingerprint density at radius 3 is 2.31 bits per heavy atom. The van der Waals surface area contributed by atoms with Crippen LogP contribution in [0.25, 0.3) is 0 Å². The number of aliphatic hydroxyl groups is 1. The largest absolute Gasteiger partial charge is 0.493 e. The summed E-state index contributed by atoms with van der Waals surface area (Å²) >= 11 is 1.46. The Hall–Kier alpha value is -2.58. The third-order valence-corrected chi connectivity index (χ3v) is 4.56. The van der Waals surface area contributed by atoms with Crippen molar-refractivity contribution < 1.29 is 33.7 Å². The highest BCUT2D eigenvalue weighted by Crippen LogP contribution is 2.17. The summed E-state index contributed by atoms with van der Waals surface area (Å²) in [7, 11) is 0. The lowest BCUT2D eigenvalue weighted by molar-refractivity contribution is -0.151. The predicted octanol–water partition coefficient (Wildman–Crippen LogP) is 2.58. The van der Waals surface area contributed by atoms with Gasteiger partial charge in [0.15, 0.2) is 5.78 Å². The van der Waals surface area contributed by atoms with E-state index in [2.05, 4.69) is 13.2 Å². The second-order valence-electron chi connectivity index (χ2n) is 6.43. The molecule has 0 saturated carbocycles. The van der Waals surface area contributed by atoms with Crippen LogP contribution < -0.4 is 4.74 Å². The summed E-state index contributed by atoms with van der Waals surface area (Å²) in [5.41, 5.74) is -1.02. The van der Waals surface area contributed by atoms with E-state index in [1.54, 1.807) is 24.3 Å². The van der Waals surface area contributed by atoms with Crippen molar-refractivity contribution in [1.82, 2.24) is 0 Å². The number of carbonyl (C=O) groups is 3. The molecule has 1 atom stereocenters. The van der Waals surface area contributed by atoms with E-state index in [-0.39, 0.29) is 12.4 Å². The molecule has 0 aromatic heterocycles. The summed E-state index contributed by atoms with van der Waals surface area (Å²) in [5.74, 6) is 0.0462. The van der Waals surface area contributed by atoms with Crippen LogP contribution in [0.3, 0.4) is 0 Å². The van der Waals surface area contributed by atoms with Gasteiger partial charge >= 0.3 is 11.9 Å². The van der Waals surface area contributed by atoms with Gasteiger partial charge in [-0.3, -0.25) is 4.79 Å². The molecule has 29 heavy (non-hydrogen) atoms. The lowest BCUT2D eigenvalue weighted by Gasteiger charge is -2.17. The molecule has 7 nitrogen and oxygen atoms in total. The number of thioether (sulfide) groups is 1. The SMILES string of the molecule is C=CC(=O)OCC(CSCCOc1ccc(C(=O)C(C)(C)O)cc1)OC(=O)C=C. The molecule has 0 spiro atoms. The van der Waals surface area contributed by atoms with Crippen LogP contribution in [0.4, 0.5) is 0 Å². The number of hydrogen-bond donors (Lipinski definition) is 1. The summed E-state index contributed by atoms with van der Waals surface area (Å²) in [4.78, 5) is 34.5. The number of benzene rings is 1. The normalized spacial score (nSPS) is 11.8. The maximum Gasteiger partial charge on any atom is 0.330 e. The fourth-order valence-electron chi connectivity index (χ4n) is 2.05. The highest BCUT2D eigenvalue weighted by Gasteiger charge is 2.25. The molecule has 0 radical (unpaired) electrons. The first-order valence-electron chi connectivity index (χ1n) is 8.87. The standard InChI is InChI=1S/C21H26O7S/c1-5-18(22)27-13-17(28-19(23)6-2)14-29-12-11-26-16-9-7-15(8-10-16)20(24)21(3,4)25/h5-10,17,25H,1-2,11-14H2,3-4H3. The van der Waals surface area contributed by atoms with Crippen LogP contribution in [-0.2, 0) is 19.1 Å². The van der Waals surface area contributed by atoms with Crippen LogP contribution in [0.2, 0.25) is 0 Å². The molecule has 0 aliphatic carbocycles. The molecule has 158 valence electrons. The van der Waals surface area contributed by atoms with E-state index >= 15 is 0 Å². The van der Waals surface area contributed by atoms with Gasteiger partial charge in [-0.15, -0.1) is 0 Å². The zero-order valence-electron chi connectivity index (χ0n) is 16.6. The van der Waals surface area contributed by atoms with Crippen LogP contribution in [0.5, 0.6) is 5.75 Å². The van der Waals surface area contributed by atoms with E-state index in [1.807, 2.05) is 0 Å². The van der Waals surface area contributed by atoms with E-state index in [0.717, 1.165) is 12.2 Å². The quantitative estimate of drug-likeness (QED) is 0.224. The summed E-state index contributed by atoms with van der Waals surface area (Å²) in [5, 5.41) is 9.75. The average Bonchev–Trinajstić information content (AvgIpc) is 2.70. The van der Waals surface area contributed by atoms with Gasteiger partial charge in [0, 0.05) is 29.2 Å². The Labute approximate surface area is 174 Å². The summed E-state index contributed by atoms with van der Waals surface area (Å²) in [6.07, 6.45) is 1.47. The molecular formula is C21H26O7S. The average molecular weight is 422 g/mol. The van der Waals surface area contributed by atoms with Gasteiger partial charge in [0.1, 0.15) is 24.1 Å². The van der Waals surface area contributed by atoms with Gasteiger partial charge in [-0.05, 0) is 38.1 Å². The summed E-state index contributed by atoms with van der Waals surface area (Å²) in [6, 6.07) is 6.52. The number of carbonyl (C=O) groups excluding carboxylic acids is 3. The molecule has 1 aromatic rings. The maximum absolute atomic E-state index is 12.0. The van der Waals surface area contributed by atoms with Crippen molar-refractivity contribution >= 4 is 29.5 Å². The number of Topliss-reactive ketones (excluding diaryl/α,β-unsaturated/α-hetero) is 1. The Morgan fingerprint density at radius 1 is 1.14 bits per heavy atom. The molecule has 0 aliphatic rings. The molecule has 1 N–H and O–H groups in total. The van der Waals surface area contributed by atoms with Crippen molar-refractivity contribution in [1.29, 1.82) is 0 Å². The minimum Gasteiger partial charge on any atom is -0.493 e. The Kier molecular flexibility index (Phi) is 10.2. The fraction of sp³-hybridized carbons (Fsp3) is 0.381. The topological polar surface area (TPSA) is 99.1 Å². The van der Waals surface area contributed by atoms with Crippen molar-refractivity contribution in [2.24, 2.45) is 0 Å².